The van der Waals surface area contributed by atoms with Crippen LogP contribution < -0.4 is 10.6 Å². The molecule has 7 heteroatoms. The number of halogens is 1. The molecular weight excluding hydrogens is 356 g/mol. The van der Waals surface area contributed by atoms with Gasteiger partial charge in [0.15, 0.2) is 5.82 Å². The average Bonchev–Trinajstić information content (AvgIpc) is 2.97. The Labute approximate surface area is 156 Å². The second-order valence-electron chi connectivity index (χ2n) is 5.42. The molecule has 0 saturated heterocycles. The fourth-order valence-corrected chi connectivity index (χ4v) is 3.75. The van der Waals surface area contributed by atoms with Gasteiger partial charge in [0.05, 0.1) is 6.61 Å². The summed E-state index contributed by atoms with van der Waals surface area (Å²) in [5, 5.41) is 9.92. The van der Waals surface area contributed by atoms with Gasteiger partial charge in [-0.3, -0.25) is 0 Å². The summed E-state index contributed by atoms with van der Waals surface area (Å²) < 4.78 is 6.96. The molecular formula is C18H19ClN4OS. The van der Waals surface area contributed by atoms with E-state index in [0.717, 1.165) is 21.9 Å². The van der Waals surface area contributed by atoms with Crippen LogP contribution in [0.5, 0.6) is 5.75 Å². The van der Waals surface area contributed by atoms with Crippen molar-refractivity contribution < 1.29 is 4.74 Å². The Morgan fingerprint density at radius 2 is 1.88 bits per heavy atom. The highest BCUT2D eigenvalue weighted by Crippen LogP contribution is 2.37. The van der Waals surface area contributed by atoms with E-state index in [4.69, 9.17) is 22.2 Å². The minimum absolute atomic E-state index is 0.105. The van der Waals surface area contributed by atoms with Gasteiger partial charge in [0.2, 0.25) is 5.16 Å². The lowest BCUT2D eigenvalue weighted by atomic mass is 10.2. The van der Waals surface area contributed by atoms with Crippen LogP contribution in [0.1, 0.15) is 24.7 Å². The Morgan fingerprint density at radius 1 is 1.16 bits per heavy atom. The summed E-state index contributed by atoms with van der Waals surface area (Å²) >= 11 is 7.79. The molecule has 1 aromatic heterocycles. The van der Waals surface area contributed by atoms with E-state index in [1.807, 2.05) is 55.5 Å². The number of rotatable bonds is 6. The van der Waals surface area contributed by atoms with Crippen LogP contribution in [0, 0.1) is 0 Å². The molecule has 5 nitrogen and oxygen atoms in total. The van der Waals surface area contributed by atoms with Gasteiger partial charge < -0.3 is 10.6 Å². The van der Waals surface area contributed by atoms with E-state index >= 15 is 0 Å². The molecule has 0 saturated carbocycles. The number of aromatic nitrogens is 3. The molecule has 0 radical (unpaired) electrons. The largest absolute Gasteiger partial charge is 0.494 e. The lowest BCUT2D eigenvalue weighted by Crippen LogP contribution is -2.12. The number of thioether (sulfide) groups is 1. The zero-order valence-electron chi connectivity index (χ0n) is 14.0. The number of nitrogen functional groups attached to an aromatic ring is 1. The van der Waals surface area contributed by atoms with Crippen LogP contribution in [0.15, 0.2) is 53.7 Å². The van der Waals surface area contributed by atoms with Crippen LogP contribution in [-0.4, -0.2) is 21.5 Å². The van der Waals surface area contributed by atoms with Gasteiger partial charge in [-0.2, -0.15) is 0 Å². The second kappa shape index (κ2) is 7.80. The minimum atomic E-state index is 0.105. The molecule has 0 spiro atoms. The lowest BCUT2D eigenvalue weighted by Gasteiger charge is -2.12. The molecule has 1 atom stereocenters. The number of nitrogens with zero attached hydrogens (tertiary/aromatic N) is 3. The highest BCUT2D eigenvalue weighted by Gasteiger charge is 2.17. The molecule has 0 fully saturated rings. The number of benzene rings is 2. The van der Waals surface area contributed by atoms with Crippen molar-refractivity contribution in [3.05, 3.63) is 59.1 Å². The molecule has 25 heavy (non-hydrogen) atoms. The van der Waals surface area contributed by atoms with Crippen LogP contribution in [0.2, 0.25) is 5.02 Å². The minimum Gasteiger partial charge on any atom is -0.494 e. The Kier molecular flexibility index (Phi) is 5.50. The van der Waals surface area contributed by atoms with Crippen molar-refractivity contribution in [1.82, 2.24) is 14.9 Å². The zero-order valence-corrected chi connectivity index (χ0v) is 15.6. The van der Waals surface area contributed by atoms with Crippen molar-refractivity contribution in [2.45, 2.75) is 24.3 Å². The second-order valence-corrected chi connectivity index (χ2v) is 7.13. The van der Waals surface area contributed by atoms with Crippen LogP contribution in [0.4, 0.5) is 0 Å². The van der Waals surface area contributed by atoms with E-state index in [0.29, 0.717) is 17.6 Å². The maximum absolute atomic E-state index is 6.27. The molecule has 130 valence electrons. The summed E-state index contributed by atoms with van der Waals surface area (Å²) in [5.74, 6) is 7.63. The monoisotopic (exact) mass is 374 g/mol. The third-order valence-electron chi connectivity index (χ3n) is 3.71. The van der Waals surface area contributed by atoms with Crippen molar-refractivity contribution in [2.75, 3.05) is 12.4 Å². The Hall–Kier alpha value is -2.18. The molecule has 3 rings (SSSR count). The highest BCUT2D eigenvalue weighted by atomic mass is 35.5. The molecule has 0 bridgehead atoms. The topological polar surface area (TPSA) is 66.0 Å². The predicted octanol–water partition coefficient (Wildman–Crippen LogP) is 4.56. The van der Waals surface area contributed by atoms with Crippen LogP contribution in [-0.2, 0) is 0 Å². The van der Waals surface area contributed by atoms with Crippen molar-refractivity contribution in [3.63, 3.8) is 0 Å². The number of ether oxygens (including phenoxy) is 1. The fraction of sp³-hybridized carbons (Fsp3) is 0.222. The van der Waals surface area contributed by atoms with E-state index < -0.39 is 0 Å². The van der Waals surface area contributed by atoms with Crippen LogP contribution in [0.3, 0.4) is 0 Å². The van der Waals surface area contributed by atoms with Gasteiger partial charge in [-0.05, 0) is 49.7 Å². The van der Waals surface area contributed by atoms with Crippen LogP contribution in [0.25, 0.3) is 11.4 Å². The normalized spacial score (nSPS) is 12.1. The zero-order chi connectivity index (χ0) is 17.8. The molecule has 2 aromatic carbocycles. The van der Waals surface area contributed by atoms with Gasteiger partial charge in [0.1, 0.15) is 5.75 Å². The Morgan fingerprint density at radius 3 is 2.56 bits per heavy atom. The summed E-state index contributed by atoms with van der Waals surface area (Å²) in [6.45, 7) is 4.65. The smallest absolute Gasteiger partial charge is 0.210 e. The Balaban J connectivity index is 1.80. The summed E-state index contributed by atoms with van der Waals surface area (Å²) in [4.78, 5) is 0. The fourth-order valence-electron chi connectivity index (χ4n) is 2.45. The molecule has 2 N–H and O–H groups in total. The van der Waals surface area contributed by atoms with Gasteiger partial charge in [-0.25, -0.2) is 4.68 Å². The summed E-state index contributed by atoms with van der Waals surface area (Å²) in [6.07, 6.45) is 0. The summed E-state index contributed by atoms with van der Waals surface area (Å²) in [5.41, 5.74) is 1.93. The molecule has 3 aromatic rings. The van der Waals surface area contributed by atoms with Crippen molar-refractivity contribution in [3.8, 4) is 17.1 Å². The first-order valence-corrected chi connectivity index (χ1v) is 9.20. The SMILES string of the molecule is CCOc1ccc(-c2nnc(S[C@H](C)c3ccccc3Cl)n2N)cc1. The van der Waals surface area contributed by atoms with E-state index in [2.05, 4.69) is 17.1 Å². The first kappa shape index (κ1) is 17.6. The van der Waals surface area contributed by atoms with E-state index in [1.165, 1.54) is 16.4 Å². The van der Waals surface area contributed by atoms with E-state index in [-0.39, 0.29) is 5.25 Å². The number of hydrogen-bond donors (Lipinski definition) is 1. The van der Waals surface area contributed by atoms with Gasteiger partial charge >= 0.3 is 0 Å². The van der Waals surface area contributed by atoms with Crippen molar-refractivity contribution >= 4 is 23.4 Å². The van der Waals surface area contributed by atoms with E-state index in [1.54, 1.807) is 0 Å². The molecule has 0 unspecified atom stereocenters. The quantitative estimate of drug-likeness (QED) is 0.506. The maximum Gasteiger partial charge on any atom is 0.210 e. The first-order chi connectivity index (χ1) is 12.1. The number of nitrogens with two attached hydrogens (primary N) is 1. The molecule has 1 heterocycles. The van der Waals surface area contributed by atoms with Gasteiger partial charge in [-0.1, -0.05) is 41.6 Å². The van der Waals surface area contributed by atoms with Gasteiger partial charge in [-0.15, -0.1) is 10.2 Å². The third-order valence-corrected chi connectivity index (χ3v) is 5.15. The number of hydrogen-bond acceptors (Lipinski definition) is 5. The first-order valence-electron chi connectivity index (χ1n) is 7.95. The standard InChI is InChI=1S/C18H19ClN4OS/c1-3-24-14-10-8-13(9-11-14)17-21-22-18(23(17)20)25-12(2)15-6-4-5-7-16(15)19/h4-12H,3,20H2,1-2H3/t12-/m1/s1. The lowest BCUT2D eigenvalue weighted by molar-refractivity contribution is 0.340. The predicted molar refractivity (Wildman–Crippen MR) is 103 cm³/mol. The molecule has 0 aliphatic heterocycles. The summed E-state index contributed by atoms with van der Waals surface area (Å²) in [6, 6.07) is 15.4. The van der Waals surface area contributed by atoms with E-state index in [9.17, 15) is 0 Å². The average molecular weight is 375 g/mol. The highest BCUT2D eigenvalue weighted by molar-refractivity contribution is 7.99. The third kappa shape index (κ3) is 3.91. The Bertz CT molecular complexity index is 851. The molecule has 0 aliphatic carbocycles. The molecule has 0 amide bonds. The van der Waals surface area contributed by atoms with Crippen molar-refractivity contribution in [2.24, 2.45) is 0 Å². The van der Waals surface area contributed by atoms with Crippen LogP contribution >= 0.6 is 23.4 Å². The summed E-state index contributed by atoms with van der Waals surface area (Å²) in [7, 11) is 0. The van der Waals surface area contributed by atoms with Gasteiger partial charge in [0, 0.05) is 15.8 Å². The van der Waals surface area contributed by atoms with Crippen molar-refractivity contribution in [1.29, 1.82) is 0 Å². The molecule has 0 aliphatic rings. The maximum atomic E-state index is 6.27. The van der Waals surface area contributed by atoms with Gasteiger partial charge in [0.25, 0.3) is 0 Å².